The highest BCUT2D eigenvalue weighted by molar-refractivity contribution is 5.97. The van der Waals surface area contributed by atoms with Crippen LogP contribution in [0.4, 0.5) is 32.2 Å². The van der Waals surface area contributed by atoms with E-state index in [-0.39, 0.29) is 24.9 Å². The van der Waals surface area contributed by atoms with Crippen LogP contribution in [0.25, 0.3) is 0 Å². The van der Waals surface area contributed by atoms with Gasteiger partial charge in [0.05, 0.1) is 19.3 Å². The van der Waals surface area contributed by atoms with Crippen LogP contribution < -0.4 is 22.1 Å². The van der Waals surface area contributed by atoms with Gasteiger partial charge in [0.15, 0.2) is 12.5 Å². The third-order valence-corrected chi connectivity index (χ3v) is 4.51. The number of nitrogens with one attached hydrogen (secondary N) is 2. The van der Waals surface area contributed by atoms with Gasteiger partial charge in [0.2, 0.25) is 11.8 Å². The number of aliphatic hydroxyl groups excluding tert-OH is 1. The fourth-order valence-corrected chi connectivity index (χ4v) is 2.61. The quantitative estimate of drug-likeness (QED) is 0.213. The van der Waals surface area contributed by atoms with Gasteiger partial charge < -0.3 is 41.2 Å². The highest BCUT2D eigenvalue weighted by Gasteiger charge is 2.39. The lowest BCUT2D eigenvalue weighted by molar-refractivity contribution is -0.193. The molecular formula is C21H29F6N5O10. The molecule has 2 rings (SSSR count). The lowest BCUT2D eigenvalue weighted by Crippen LogP contribution is -2.49. The normalized spacial score (nSPS) is 18.0. The molecule has 1 fully saturated rings. The molecule has 1 aliphatic heterocycles. The van der Waals surface area contributed by atoms with Gasteiger partial charge in [-0.1, -0.05) is 13.8 Å². The number of aliphatic hydroxyl groups is 1. The Bertz CT molecular complexity index is 1100. The van der Waals surface area contributed by atoms with E-state index in [1.807, 2.05) is 13.8 Å². The number of carbonyl (C=O) groups excluding carboxylic acids is 2. The monoisotopic (exact) mass is 625 g/mol. The van der Waals surface area contributed by atoms with Crippen LogP contribution in [0.15, 0.2) is 17.1 Å². The first-order chi connectivity index (χ1) is 19.1. The lowest BCUT2D eigenvalue weighted by atomic mass is 10.0. The van der Waals surface area contributed by atoms with E-state index in [4.69, 9.17) is 40.1 Å². The van der Waals surface area contributed by atoms with E-state index in [2.05, 4.69) is 15.6 Å². The zero-order valence-electron chi connectivity index (χ0n) is 22.1. The Hall–Kier alpha value is -3.82. The Balaban J connectivity index is 0.000000990. The number of aliphatic carboxylic acids is 2. The predicted molar refractivity (Wildman–Crippen MR) is 126 cm³/mol. The third-order valence-electron chi connectivity index (χ3n) is 4.51. The number of hydrogen-bond donors (Lipinski definition) is 6. The number of carbonyl (C=O) groups is 4. The molecule has 1 aliphatic rings. The maximum Gasteiger partial charge on any atom is 0.490 e. The molecule has 0 bridgehead atoms. The van der Waals surface area contributed by atoms with Gasteiger partial charge in [0, 0.05) is 6.20 Å². The first-order valence-electron chi connectivity index (χ1n) is 11.5. The average Bonchev–Trinajstić information content (AvgIpc) is 3.32. The van der Waals surface area contributed by atoms with Gasteiger partial charge in [-0.2, -0.15) is 31.3 Å². The fraction of sp³-hybridized carbons (Fsp3) is 0.619. The minimum atomic E-state index is -5.08. The number of nitrogens with zero attached hydrogens (tertiary/aromatic N) is 2. The van der Waals surface area contributed by atoms with Crippen molar-refractivity contribution in [2.45, 2.75) is 64.1 Å². The van der Waals surface area contributed by atoms with Crippen molar-refractivity contribution in [2.24, 2.45) is 11.7 Å². The molecule has 15 nitrogen and oxygen atoms in total. The SMILES string of the molecule is CC(C)C[C@H](NC(=O)[C@H](C)N)C(=O)Nc1ccn([C@@H]2CO[C@H](CO)O2)c(=O)n1.O=C(O)C(F)(F)F.O=C(O)C(F)(F)F. The first-order valence-corrected chi connectivity index (χ1v) is 11.5. The number of carboxylic acids is 2. The number of hydrogen-bond acceptors (Lipinski definition) is 10. The molecule has 1 aromatic heterocycles. The first kappa shape index (κ1) is 38.2. The van der Waals surface area contributed by atoms with E-state index in [9.17, 15) is 40.7 Å². The van der Waals surface area contributed by atoms with E-state index in [1.54, 1.807) is 0 Å². The van der Waals surface area contributed by atoms with E-state index in [0.717, 1.165) is 0 Å². The van der Waals surface area contributed by atoms with Crippen molar-refractivity contribution in [1.29, 1.82) is 0 Å². The summed E-state index contributed by atoms with van der Waals surface area (Å²) in [5.74, 6) is -6.26. The third kappa shape index (κ3) is 14.2. The molecule has 21 heteroatoms. The van der Waals surface area contributed by atoms with Crippen LogP contribution in [0.5, 0.6) is 0 Å². The largest absolute Gasteiger partial charge is 0.490 e. The van der Waals surface area contributed by atoms with Gasteiger partial charge in [-0.15, -0.1) is 0 Å². The summed E-state index contributed by atoms with van der Waals surface area (Å²) < 4.78 is 75.2. The van der Waals surface area contributed by atoms with Crippen LogP contribution in [-0.2, 0) is 28.7 Å². The van der Waals surface area contributed by atoms with Crippen LogP contribution >= 0.6 is 0 Å². The van der Waals surface area contributed by atoms with Gasteiger partial charge in [-0.3, -0.25) is 14.2 Å². The van der Waals surface area contributed by atoms with Crippen LogP contribution in [0.1, 0.15) is 33.4 Å². The Morgan fingerprint density at radius 2 is 1.57 bits per heavy atom. The Kier molecular flexibility index (Phi) is 15.1. The summed E-state index contributed by atoms with van der Waals surface area (Å²) in [5.41, 5.74) is 4.90. The number of ether oxygens (including phenoxy) is 2. The number of aromatic nitrogens is 2. The molecule has 0 spiro atoms. The van der Waals surface area contributed by atoms with Gasteiger partial charge in [0.25, 0.3) is 0 Å². The molecule has 2 heterocycles. The second-order valence-electron chi connectivity index (χ2n) is 8.61. The van der Waals surface area contributed by atoms with Crippen molar-refractivity contribution in [3.8, 4) is 0 Å². The maximum atomic E-state index is 12.6. The lowest BCUT2D eigenvalue weighted by Gasteiger charge is -2.21. The summed E-state index contributed by atoms with van der Waals surface area (Å²) >= 11 is 0. The number of anilines is 1. The second-order valence-corrected chi connectivity index (χ2v) is 8.61. The van der Waals surface area contributed by atoms with Crippen molar-refractivity contribution < 1.29 is 70.3 Å². The summed E-state index contributed by atoms with van der Waals surface area (Å²) in [6, 6.07) is -0.116. The van der Waals surface area contributed by atoms with Crippen LogP contribution in [-0.4, -0.2) is 92.6 Å². The van der Waals surface area contributed by atoms with Crippen molar-refractivity contribution in [3.63, 3.8) is 0 Å². The molecule has 0 aromatic carbocycles. The van der Waals surface area contributed by atoms with Crippen LogP contribution in [0.2, 0.25) is 0 Å². The van der Waals surface area contributed by atoms with Crippen molar-refractivity contribution >= 4 is 29.6 Å². The highest BCUT2D eigenvalue weighted by atomic mass is 19.4. The van der Waals surface area contributed by atoms with Crippen molar-refractivity contribution in [3.05, 3.63) is 22.7 Å². The van der Waals surface area contributed by atoms with Gasteiger partial charge in [-0.25, -0.2) is 14.4 Å². The predicted octanol–water partition coefficient (Wildman–Crippen LogP) is 0.190. The summed E-state index contributed by atoms with van der Waals surface area (Å²) in [7, 11) is 0. The topological polar surface area (TPSA) is 232 Å². The summed E-state index contributed by atoms with van der Waals surface area (Å²) in [4.78, 5) is 58.3. The Morgan fingerprint density at radius 3 is 1.93 bits per heavy atom. The van der Waals surface area contributed by atoms with Gasteiger partial charge >= 0.3 is 30.0 Å². The minimum absolute atomic E-state index is 0.0488. The highest BCUT2D eigenvalue weighted by Crippen LogP contribution is 2.19. The number of halogens is 6. The molecule has 0 aliphatic carbocycles. The number of amides is 2. The standard InChI is InChI=1S/C17H27N5O6.2C2HF3O2/c1-9(2)6-11(19-15(24)10(3)18)16(25)20-12-4-5-22(17(26)21-12)13-8-27-14(7-23)28-13;2*3-2(4,5)1(6)7/h4-5,9-11,13-14,23H,6-8,18H2,1-3H3,(H,19,24)(H,20,21,25,26);2*(H,6,7)/t10-,11-,13-,14-;;/m0../s1. The summed E-state index contributed by atoms with van der Waals surface area (Å²) in [5, 5.41) is 28.4. The molecule has 1 saturated heterocycles. The minimum Gasteiger partial charge on any atom is -0.475 e. The van der Waals surface area contributed by atoms with E-state index < -0.39 is 66.4 Å². The van der Waals surface area contributed by atoms with Crippen molar-refractivity contribution in [1.82, 2.24) is 14.9 Å². The average molecular weight is 625 g/mol. The molecule has 4 atom stereocenters. The summed E-state index contributed by atoms with van der Waals surface area (Å²) in [6.07, 6.45) is -9.85. The number of rotatable bonds is 8. The molecule has 1 aromatic rings. The summed E-state index contributed by atoms with van der Waals surface area (Å²) in [6.45, 7) is 5.13. The van der Waals surface area contributed by atoms with Gasteiger partial charge in [0.1, 0.15) is 11.9 Å². The van der Waals surface area contributed by atoms with E-state index >= 15 is 0 Å². The number of carboxylic acid groups (broad SMARTS) is 2. The van der Waals surface area contributed by atoms with Crippen molar-refractivity contribution in [2.75, 3.05) is 18.5 Å². The molecule has 0 unspecified atom stereocenters. The maximum absolute atomic E-state index is 12.6. The van der Waals surface area contributed by atoms with E-state index in [0.29, 0.717) is 6.42 Å². The molecule has 240 valence electrons. The second kappa shape index (κ2) is 16.6. The molecular weight excluding hydrogens is 596 g/mol. The van der Waals surface area contributed by atoms with E-state index in [1.165, 1.54) is 23.8 Å². The van der Waals surface area contributed by atoms with Crippen LogP contribution in [0.3, 0.4) is 0 Å². The zero-order chi connectivity index (χ0) is 33.0. The number of alkyl halides is 6. The molecule has 0 saturated carbocycles. The smallest absolute Gasteiger partial charge is 0.475 e. The zero-order valence-corrected chi connectivity index (χ0v) is 22.1. The Labute approximate surface area is 232 Å². The molecule has 2 amide bonds. The van der Waals surface area contributed by atoms with Crippen LogP contribution in [0, 0.1) is 5.92 Å². The molecule has 0 radical (unpaired) electrons. The molecule has 42 heavy (non-hydrogen) atoms. The molecule has 7 N–H and O–H groups in total. The van der Waals surface area contributed by atoms with Gasteiger partial charge in [-0.05, 0) is 25.3 Å². The number of nitrogens with two attached hydrogens (primary N) is 1. The Morgan fingerprint density at radius 1 is 1.07 bits per heavy atom. The fourth-order valence-electron chi connectivity index (χ4n) is 2.61.